The van der Waals surface area contributed by atoms with Gasteiger partial charge in [-0.2, -0.15) is 0 Å². The molecule has 0 amide bonds. The number of nitrogen functional groups attached to an aromatic ring is 1. The Morgan fingerprint density at radius 2 is 2.25 bits per heavy atom. The third kappa shape index (κ3) is 3.63. The number of pyridine rings is 1. The van der Waals surface area contributed by atoms with Crippen LogP contribution in [0.3, 0.4) is 0 Å². The maximum Gasteiger partial charge on any atom is 0.128 e. The zero-order valence-corrected chi connectivity index (χ0v) is 10.8. The highest BCUT2D eigenvalue weighted by Crippen LogP contribution is 2.22. The van der Waals surface area contributed by atoms with Crippen molar-refractivity contribution in [1.82, 2.24) is 15.2 Å². The van der Waals surface area contributed by atoms with Crippen LogP contribution in [0.1, 0.15) is 18.5 Å². The van der Waals surface area contributed by atoms with Gasteiger partial charge < -0.3 is 16.0 Å². The molecule has 0 bridgehead atoms. The molecule has 1 unspecified atom stereocenters. The van der Waals surface area contributed by atoms with Gasteiger partial charge in [0.2, 0.25) is 0 Å². The smallest absolute Gasteiger partial charge is 0.128 e. The monoisotopic (exact) mass is 242 g/mol. The Morgan fingerprint density at radius 3 is 2.81 bits per heavy atom. The Kier molecular flexibility index (Phi) is 4.99. The summed E-state index contributed by atoms with van der Waals surface area (Å²) in [5, 5.41) is 3.99. The molecule has 90 valence electrons. The summed E-state index contributed by atoms with van der Waals surface area (Å²) < 4.78 is 0. The van der Waals surface area contributed by atoms with E-state index in [-0.39, 0.29) is 6.04 Å². The van der Waals surface area contributed by atoms with Crippen LogP contribution >= 0.6 is 11.6 Å². The highest BCUT2D eigenvalue weighted by atomic mass is 35.5. The molecule has 0 aliphatic carbocycles. The van der Waals surface area contributed by atoms with Crippen LogP contribution < -0.4 is 11.1 Å². The van der Waals surface area contributed by atoms with E-state index in [2.05, 4.69) is 22.1 Å². The molecule has 0 spiro atoms. The average Bonchev–Trinajstić information content (AvgIpc) is 2.20. The van der Waals surface area contributed by atoms with Gasteiger partial charge in [-0.05, 0) is 26.7 Å². The fraction of sp³-hybridized carbons (Fsp3) is 0.545. The van der Waals surface area contributed by atoms with Gasteiger partial charge in [-0.1, -0.05) is 18.5 Å². The Labute approximate surface area is 102 Å². The molecule has 1 heterocycles. The van der Waals surface area contributed by atoms with Crippen LogP contribution in [0, 0.1) is 0 Å². The van der Waals surface area contributed by atoms with Crippen molar-refractivity contribution in [3.63, 3.8) is 0 Å². The SMILES string of the molecule is CCNC(CN(C)C)c1cc(Cl)cnc1N. The van der Waals surface area contributed by atoms with E-state index in [0.717, 1.165) is 18.7 Å². The number of anilines is 1. The minimum atomic E-state index is 0.159. The van der Waals surface area contributed by atoms with E-state index in [1.807, 2.05) is 20.2 Å². The third-order valence-electron chi connectivity index (χ3n) is 2.29. The van der Waals surface area contributed by atoms with Gasteiger partial charge in [-0.25, -0.2) is 4.98 Å². The summed E-state index contributed by atoms with van der Waals surface area (Å²) in [7, 11) is 4.05. The quantitative estimate of drug-likeness (QED) is 0.822. The number of nitrogens with two attached hydrogens (primary N) is 1. The van der Waals surface area contributed by atoms with Crippen molar-refractivity contribution in [3.05, 3.63) is 22.8 Å². The van der Waals surface area contributed by atoms with E-state index in [4.69, 9.17) is 17.3 Å². The average molecular weight is 243 g/mol. The highest BCUT2D eigenvalue weighted by Gasteiger charge is 2.15. The van der Waals surface area contributed by atoms with Crippen molar-refractivity contribution in [3.8, 4) is 0 Å². The van der Waals surface area contributed by atoms with Gasteiger partial charge in [0.15, 0.2) is 0 Å². The normalized spacial score (nSPS) is 13.1. The van der Waals surface area contributed by atoms with Crippen LogP contribution in [-0.4, -0.2) is 37.1 Å². The van der Waals surface area contributed by atoms with Crippen molar-refractivity contribution in [1.29, 1.82) is 0 Å². The first-order chi connectivity index (χ1) is 7.54. The van der Waals surface area contributed by atoms with E-state index in [0.29, 0.717) is 10.8 Å². The second-order valence-electron chi connectivity index (χ2n) is 4.00. The summed E-state index contributed by atoms with van der Waals surface area (Å²) in [6.07, 6.45) is 1.57. The van der Waals surface area contributed by atoms with Crippen molar-refractivity contribution < 1.29 is 0 Å². The molecule has 0 saturated heterocycles. The number of rotatable bonds is 5. The fourth-order valence-electron chi connectivity index (χ4n) is 1.63. The van der Waals surface area contributed by atoms with Gasteiger partial charge >= 0.3 is 0 Å². The molecule has 0 radical (unpaired) electrons. The highest BCUT2D eigenvalue weighted by molar-refractivity contribution is 6.30. The van der Waals surface area contributed by atoms with Gasteiger partial charge in [-0.15, -0.1) is 0 Å². The Balaban J connectivity index is 2.94. The fourth-order valence-corrected chi connectivity index (χ4v) is 1.80. The Hall–Kier alpha value is -0.840. The van der Waals surface area contributed by atoms with Crippen LogP contribution in [0.4, 0.5) is 5.82 Å². The molecule has 16 heavy (non-hydrogen) atoms. The maximum absolute atomic E-state index is 5.94. The molecule has 0 saturated carbocycles. The molecule has 1 rings (SSSR count). The van der Waals surface area contributed by atoms with Gasteiger partial charge in [0.05, 0.1) is 5.02 Å². The molecule has 5 heteroatoms. The van der Waals surface area contributed by atoms with E-state index >= 15 is 0 Å². The van der Waals surface area contributed by atoms with E-state index in [9.17, 15) is 0 Å². The minimum absolute atomic E-state index is 0.159. The molecule has 0 aliphatic heterocycles. The Morgan fingerprint density at radius 1 is 1.56 bits per heavy atom. The van der Waals surface area contributed by atoms with Crippen LogP contribution in [-0.2, 0) is 0 Å². The molecule has 3 N–H and O–H groups in total. The topological polar surface area (TPSA) is 54.2 Å². The van der Waals surface area contributed by atoms with E-state index in [1.165, 1.54) is 0 Å². The summed E-state index contributed by atoms with van der Waals surface area (Å²) in [6.45, 7) is 3.81. The summed E-state index contributed by atoms with van der Waals surface area (Å²) in [5.41, 5.74) is 6.83. The van der Waals surface area contributed by atoms with Gasteiger partial charge in [-0.3, -0.25) is 0 Å². The zero-order valence-electron chi connectivity index (χ0n) is 10.00. The lowest BCUT2D eigenvalue weighted by atomic mass is 10.1. The van der Waals surface area contributed by atoms with Crippen LogP contribution in [0.2, 0.25) is 5.02 Å². The number of aromatic nitrogens is 1. The molecule has 1 aromatic rings. The number of halogens is 1. The van der Waals surface area contributed by atoms with Gasteiger partial charge in [0.25, 0.3) is 0 Å². The number of nitrogens with zero attached hydrogens (tertiary/aromatic N) is 2. The van der Waals surface area contributed by atoms with Gasteiger partial charge in [0.1, 0.15) is 5.82 Å². The molecule has 1 aromatic heterocycles. The van der Waals surface area contributed by atoms with E-state index in [1.54, 1.807) is 6.20 Å². The lowest BCUT2D eigenvalue weighted by Gasteiger charge is -2.23. The largest absolute Gasteiger partial charge is 0.383 e. The lowest BCUT2D eigenvalue weighted by Crippen LogP contribution is -2.31. The maximum atomic E-state index is 5.94. The summed E-state index contributed by atoms with van der Waals surface area (Å²) in [6, 6.07) is 2.03. The molecule has 4 nitrogen and oxygen atoms in total. The number of hydrogen-bond acceptors (Lipinski definition) is 4. The van der Waals surface area contributed by atoms with Crippen molar-refractivity contribution in [2.75, 3.05) is 32.9 Å². The Bertz CT molecular complexity index is 341. The second-order valence-corrected chi connectivity index (χ2v) is 4.44. The lowest BCUT2D eigenvalue weighted by molar-refractivity contribution is 0.345. The van der Waals surface area contributed by atoms with Gasteiger partial charge in [0, 0.05) is 24.3 Å². The van der Waals surface area contributed by atoms with Crippen molar-refractivity contribution >= 4 is 17.4 Å². The summed E-state index contributed by atoms with van der Waals surface area (Å²) in [5.74, 6) is 0.539. The standard InChI is InChI=1S/C11H19ClN4/c1-4-14-10(7-16(2)3)9-5-8(12)6-15-11(9)13/h5-6,10,14H,4,7H2,1-3H3,(H2,13,15). The number of nitrogens with one attached hydrogen (secondary N) is 1. The number of likely N-dealkylation sites (N-methyl/N-ethyl adjacent to an activating group) is 2. The minimum Gasteiger partial charge on any atom is -0.383 e. The molecule has 1 atom stereocenters. The molecule has 0 aromatic carbocycles. The second kappa shape index (κ2) is 6.03. The summed E-state index contributed by atoms with van der Waals surface area (Å²) in [4.78, 5) is 6.18. The zero-order chi connectivity index (χ0) is 12.1. The predicted molar refractivity (Wildman–Crippen MR) is 68.6 cm³/mol. The molecule has 0 aliphatic rings. The van der Waals surface area contributed by atoms with Crippen LogP contribution in [0.25, 0.3) is 0 Å². The van der Waals surface area contributed by atoms with Crippen molar-refractivity contribution in [2.45, 2.75) is 13.0 Å². The van der Waals surface area contributed by atoms with Crippen LogP contribution in [0.15, 0.2) is 12.3 Å². The molecular weight excluding hydrogens is 224 g/mol. The first kappa shape index (κ1) is 13.2. The van der Waals surface area contributed by atoms with E-state index < -0.39 is 0 Å². The first-order valence-electron chi connectivity index (χ1n) is 5.33. The summed E-state index contributed by atoms with van der Waals surface area (Å²) >= 11 is 5.94. The first-order valence-corrected chi connectivity index (χ1v) is 5.71. The predicted octanol–water partition coefficient (Wildman–Crippen LogP) is 1.53. The van der Waals surface area contributed by atoms with Crippen molar-refractivity contribution in [2.24, 2.45) is 0 Å². The molecule has 0 fully saturated rings. The molecular formula is C11H19ClN4. The number of hydrogen-bond donors (Lipinski definition) is 2. The third-order valence-corrected chi connectivity index (χ3v) is 2.50. The van der Waals surface area contributed by atoms with Crippen LogP contribution in [0.5, 0.6) is 0 Å².